The summed E-state index contributed by atoms with van der Waals surface area (Å²) in [7, 11) is 1.75. The predicted molar refractivity (Wildman–Crippen MR) is 140 cm³/mol. The third-order valence-electron chi connectivity index (χ3n) is 4.06. The van der Waals surface area contributed by atoms with Gasteiger partial charge in [-0.15, -0.1) is 0 Å². The maximum absolute atomic E-state index is 14.7. The number of nitrogens with one attached hydrogen (secondary N) is 3. The molecule has 3 aromatic rings. The molecule has 2 amide bonds. The molecule has 0 unspecified atom stereocenters. The Morgan fingerprint density at radius 3 is 2.42 bits per heavy atom. The van der Waals surface area contributed by atoms with E-state index in [4.69, 9.17) is 16.0 Å². The van der Waals surface area contributed by atoms with Gasteiger partial charge in [-0.05, 0) is 42.3 Å². The molecular formula is C23H23ClFN3O3S2. The fourth-order valence-electron chi connectivity index (χ4n) is 2.69. The summed E-state index contributed by atoms with van der Waals surface area (Å²) in [5.41, 5.74) is 1.20. The summed E-state index contributed by atoms with van der Waals surface area (Å²) < 4.78 is 23.6. The molecule has 3 rings (SSSR count). The van der Waals surface area contributed by atoms with Gasteiger partial charge in [0.15, 0.2) is 0 Å². The number of rotatable bonds is 7. The van der Waals surface area contributed by atoms with E-state index < -0.39 is 11.8 Å². The van der Waals surface area contributed by atoms with Crippen molar-refractivity contribution in [3.63, 3.8) is 0 Å². The number of carbonyl (C=O) groups is 1. The molecule has 0 radical (unpaired) electrons. The smallest absolute Gasteiger partial charge is 0.329 e. The van der Waals surface area contributed by atoms with Gasteiger partial charge in [0.2, 0.25) is 5.43 Å². The first-order valence-corrected chi connectivity index (χ1v) is 11.8. The van der Waals surface area contributed by atoms with Crippen molar-refractivity contribution >= 4 is 63.7 Å². The molecule has 0 spiro atoms. The van der Waals surface area contributed by atoms with Gasteiger partial charge in [0.05, 0.1) is 19.6 Å². The zero-order chi connectivity index (χ0) is 24.5. The molecule has 0 saturated carbocycles. The number of hydrogen-bond acceptors (Lipinski definition) is 6. The minimum Gasteiger partial charge on any atom is -0.463 e. The van der Waals surface area contributed by atoms with Crippen molar-refractivity contribution in [3.05, 3.63) is 80.5 Å². The maximum atomic E-state index is 14.7. The van der Waals surface area contributed by atoms with Gasteiger partial charge in [-0.25, -0.2) is 9.18 Å². The zero-order valence-corrected chi connectivity index (χ0v) is 20.6. The number of carbonyl (C=O) groups excluding carboxylic acids is 1. The van der Waals surface area contributed by atoms with Gasteiger partial charge in [-0.2, -0.15) is 0 Å². The minimum absolute atomic E-state index is 0.0686. The van der Waals surface area contributed by atoms with E-state index in [2.05, 4.69) is 28.5 Å². The number of anilines is 2. The molecule has 33 heavy (non-hydrogen) atoms. The van der Waals surface area contributed by atoms with Crippen LogP contribution in [0.4, 0.5) is 20.6 Å². The van der Waals surface area contributed by atoms with Crippen molar-refractivity contribution in [1.82, 2.24) is 4.72 Å². The first kappa shape index (κ1) is 26.4. The number of thioether (sulfide) groups is 1. The summed E-state index contributed by atoms with van der Waals surface area (Å²) in [5.74, 6) is -0.678. The summed E-state index contributed by atoms with van der Waals surface area (Å²) in [6.07, 6.45) is 1.23. The van der Waals surface area contributed by atoms with E-state index in [1.807, 2.05) is 13.8 Å². The molecule has 0 aliphatic carbocycles. The molecule has 2 aromatic carbocycles. The molecule has 10 heteroatoms. The second kappa shape index (κ2) is 12.4. The number of fused-ring (bicyclic) bond motifs is 1. The topological polar surface area (TPSA) is 83.4 Å². The van der Waals surface area contributed by atoms with Crippen LogP contribution in [0.5, 0.6) is 0 Å². The molecule has 0 fully saturated rings. The van der Waals surface area contributed by atoms with Crippen LogP contribution in [0.1, 0.15) is 13.8 Å². The SMILES string of the molecule is C=C(Cl)SC(=C)SNC(=O)Nc1ccc(-c2coc3cc(NC)ccc3c2=O)c(F)c1.CC. The van der Waals surface area contributed by atoms with Crippen molar-refractivity contribution in [2.45, 2.75) is 13.8 Å². The van der Waals surface area contributed by atoms with E-state index in [9.17, 15) is 14.0 Å². The highest BCUT2D eigenvalue weighted by Gasteiger charge is 2.14. The van der Waals surface area contributed by atoms with E-state index in [1.54, 1.807) is 25.2 Å². The van der Waals surface area contributed by atoms with Crippen molar-refractivity contribution in [2.75, 3.05) is 17.7 Å². The van der Waals surface area contributed by atoms with Crippen LogP contribution in [0.3, 0.4) is 0 Å². The van der Waals surface area contributed by atoms with E-state index in [-0.39, 0.29) is 22.2 Å². The molecule has 0 saturated heterocycles. The van der Waals surface area contributed by atoms with Gasteiger partial charge in [0, 0.05) is 30.1 Å². The molecular weight excluding hydrogens is 485 g/mol. The second-order valence-electron chi connectivity index (χ2n) is 6.12. The van der Waals surface area contributed by atoms with Crippen LogP contribution < -0.4 is 20.8 Å². The predicted octanol–water partition coefficient (Wildman–Crippen LogP) is 7.35. The Balaban J connectivity index is 0.00000187. The minimum atomic E-state index is -0.678. The van der Waals surface area contributed by atoms with E-state index >= 15 is 0 Å². The van der Waals surface area contributed by atoms with Crippen LogP contribution >= 0.6 is 35.3 Å². The van der Waals surface area contributed by atoms with Gasteiger partial charge < -0.3 is 15.1 Å². The summed E-state index contributed by atoms with van der Waals surface area (Å²) in [5, 5.41) is 5.80. The largest absolute Gasteiger partial charge is 0.463 e. The van der Waals surface area contributed by atoms with Gasteiger partial charge in [-0.1, -0.05) is 50.4 Å². The molecule has 6 nitrogen and oxygen atoms in total. The fourth-order valence-corrected chi connectivity index (χ4v) is 4.20. The van der Waals surface area contributed by atoms with Gasteiger partial charge in [-0.3, -0.25) is 9.52 Å². The maximum Gasteiger partial charge on any atom is 0.329 e. The van der Waals surface area contributed by atoms with Gasteiger partial charge >= 0.3 is 6.03 Å². The van der Waals surface area contributed by atoms with Crippen LogP contribution in [0.15, 0.2) is 73.6 Å². The monoisotopic (exact) mass is 507 g/mol. The Bertz CT molecular complexity index is 1250. The second-order valence-corrected chi connectivity index (χ2v) is 9.15. The molecule has 174 valence electrons. The lowest BCUT2D eigenvalue weighted by Gasteiger charge is -2.10. The van der Waals surface area contributed by atoms with E-state index in [0.29, 0.717) is 19.6 Å². The Hall–Kier alpha value is -2.88. The first-order chi connectivity index (χ1) is 15.8. The third-order valence-corrected chi connectivity index (χ3v) is 5.76. The lowest BCUT2D eigenvalue weighted by atomic mass is 10.0. The van der Waals surface area contributed by atoms with Crippen molar-refractivity contribution in [1.29, 1.82) is 0 Å². The first-order valence-electron chi connectivity index (χ1n) is 9.76. The number of benzene rings is 2. The highest BCUT2D eigenvalue weighted by molar-refractivity contribution is 8.24. The molecule has 1 heterocycles. The lowest BCUT2D eigenvalue weighted by molar-refractivity contribution is 0.257. The third kappa shape index (κ3) is 7.05. The van der Waals surface area contributed by atoms with Gasteiger partial charge in [0.25, 0.3) is 0 Å². The average Bonchev–Trinajstić information content (AvgIpc) is 2.79. The number of amides is 2. The molecule has 0 bridgehead atoms. The van der Waals surface area contributed by atoms with Crippen LogP contribution in [-0.2, 0) is 0 Å². The van der Waals surface area contributed by atoms with Crippen molar-refractivity contribution in [2.24, 2.45) is 0 Å². The standard InChI is InChI=1S/C21H17ClFN3O3S2.C2H6/c1-11(22)30-12(2)31-26-21(28)25-14-5-6-15(18(23)8-14)17-10-29-19-9-13(24-3)4-7-16(19)20(17)27;1-2/h4-10,24H,1-2H2,3H3,(H2,25,26,28);1-2H3. The van der Waals surface area contributed by atoms with Crippen LogP contribution in [0.25, 0.3) is 22.1 Å². The molecule has 0 aliphatic rings. The summed E-state index contributed by atoms with van der Waals surface area (Å²) in [6.45, 7) is 11.2. The molecule has 0 aliphatic heterocycles. The summed E-state index contributed by atoms with van der Waals surface area (Å²) in [4.78, 5) is 24.8. The van der Waals surface area contributed by atoms with Crippen LogP contribution in [0, 0.1) is 5.82 Å². The van der Waals surface area contributed by atoms with E-state index in [1.165, 1.54) is 18.4 Å². The fraction of sp³-hybridized carbons (Fsp3) is 0.130. The van der Waals surface area contributed by atoms with Crippen LogP contribution in [-0.4, -0.2) is 13.1 Å². The molecule has 3 N–H and O–H groups in total. The highest BCUT2D eigenvalue weighted by Crippen LogP contribution is 2.32. The van der Waals surface area contributed by atoms with Crippen LogP contribution in [0.2, 0.25) is 0 Å². The quantitative estimate of drug-likeness (QED) is 0.290. The number of urea groups is 1. The van der Waals surface area contributed by atoms with E-state index in [0.717, 1.165) is 35.5 Å². The Morgan fingerprint density at radius 2 is 1.79 bits per heavy atom. The van der Waals surface area contributed by atoms with Crippen molar-refractivity contribution in [3.8, 4) is 11.1 Å². The summed E-state index contributed by atoms with van der Waals surface area (Å²) >= 11 is 7.70. The summed E-state index contributed by atoms with van der Waals surface area (Å²) in [6, 6.07) is 8.49. The number of hydrogen-bond donors (Lipinski definition) is 3. The normalized spacial score (nSPS) is 10.1. The Morgan fingerprint density at radius 1 is 1.09 bits per heavy atom. The van der Waals surface area contributed by atoms with Gasteiger partial charge in [0.1, 0.15) is 17.7 Å². The lowest BCUT2D eigenvalue weighted by Crippen LogP contribution is -2.22. The Labute approximate surface area is 204 Å². The highest BCUT2D eigenvalue weighted by atomic mass is 35.5. The Kier molecular flexibility index (Phi) is 9.90. The number of halogens is 2. The zero-order valence-electron chi connectivity index (χ0n) is 18.3. The molecule has 0 atom stereocenters. The van der Waals surface area contributed by atoms with Crippen molar-refractivity contribution < 1.29 is 13.6 Å². The molecule has 1 aromatic heterocycles. The average molecular weight is 508 g/mol.